The summed E-state index contributed by atoms with van der Waals surface area (Å²) in [4.78, 5) is 46.6. The SMILES string of the molecule is O=C(CSc1nc2ccc(N3C(=O)[C@H]4CCCC[C@H]4C3=O)cc2s1)N1CCc2ccccc21. The zero-order valence-electron chi connectivity index (χ0n) is 18.0. The first-order chi connectivity index (χ1) is 16.1. The Morgan fingerprint density at radius 3 is 2.61 bits per heavy atom. The largest absolute Gasteiger partial charge is 0.311 e. The molecule has 2 aromatic carbocycles. The molecule has 3 heterocycles. The number of carbonyl (C=O) groups excluding carboxylic acids is 3. The Morgan fingerprint density at radius 2 is 1.82 bits per heavy atom. The minimum Gasteiger partial charge on any atom is -0.311 e. The third-order valence-electron chi connectivity index (χ3n) is 6.96. The second kappa shape index (κ2) is 8.25. The van der Waals surface area contributed by atoms with Gasteiger partial charge in [-0.1, -0.05) is 42.8 Å². The summed E-state index contributed by atoms with van der Waals surface area (Å²) in [6.07, 6.45) is 4.55. The third kappa shape index (κ3) is 3.56. The van der Waals surface area contributed by atoms with Crippen molar-refractivity contribution in [3.63, 3.8) is 0 Å². The molecule has 1 aliphatic carbocycles. The number of carbonyl (C=O) groups is 3. The number of aromatic nitrogens is 1. The number of rotatable bonds is 4. The van der Waals surface area contributed by atoms with Crippen molar-refractivity contribution >= 4 is 62.4 Å². The smallest absolute Gasteiger partial charge is 0.237 e. The van der Waals surface area contributed by atoms with Crippen molar-refractivity contribution in [2.24, 2.45) is 11.8 Å². The molecule has 2 aliphatic heterocycles. The number of para-hydroxylation sites is 1. The molecule has 168 valence electrons. The van der Waals surface area contributed by atoms with Gasteiger partial charge >= 0.3 is 0 Å². The average Bonchev–Trinajstić information content (AvgIpc) is 3.52. The highest BCUT2D eigenvalue weighted by molar-refractivity contribution is 8.01. The number of hydrogen-bond donors (Lipinski definition) is 0. The van der Waals surface area contributed by atoms with E-state index in [9.17, 15) is 14.4 Å². The third-order valence-corrected chi connectivity index (χ3v) is 9.10. The summed E-state index contributed by atoms with van der Waals surface area (Å²) in [5.74, 6) is -0.0133. The van der Waals surface area contributed by atoms with Crippen LogP contribution in [0.15, 0.2) is 46.8 Å². The first kappa shape index (κ1) is 20.9. The molecule has 6 rings (SSSR count). The number of benzene rings is 2. The second-order valence-corrected chi connectivity index (χ2v) is 11.1. The van der Waals surface area contributed by atoms with Crippen molar-refractivity contribution in [3.05, 3.63) is 48.0 Å². The number of fused-ring (bicyclic) bond motifs is 3. The monoisotopic (exact) mass is 477 g/mol. The van der Waals surface area contributed by atoms with Gasteiger partial charge in [0.1, 0.15) is 0 Å². The Bertz CT molecular complexity index is 1260. The number of imide groups is 1. The van der Waals surface area contributed by atoms with Gasteiger partial charge in [0.25, 0.3) is 0 Å². The van der Waals surface area contributed by atoms with Crippen molar-refractivity contribution < 1.29 is 14.4 Å². The molecule has 2 fully saturated rings. The molecule has 1 saturated carbocycles. The van der Waals surface area contributed by atoms with Gasteiger partial charge in [-0.2, -0.15) is 0 Å². The first-order valence-corrected chi connectivity index (χ1v) is 13.2. The Morgan fingerprint density at radius 1 is 1.06 bits per heavy atom. The van der Waals surface area contributed by atoms with Gasteiger partial charge in [-0.3, -0.25) is 19.3 Å². The quantitative estimate of drug-likeness (QED) is 0.404. The van der Waals surface area contributed by atoms with Gasteiger partial charge in [0.05, 0.1) is 33.5 Å². The molecule has 1 saturated heterocycles. The lowest BCUT2D eigenvalue weighted by molar-refractivity contribution is -0.122. The van der Waals surface area contributed by atoms with Crippen molar-refractivity contribution in [2.45, 2.75) is 36.4 Å². The zero-order valence-corrected chi connectivity index (χ0v) is 19.7. The summed E-state index contributed by atoms with van der Waals surface area (Å²) in [6, 6.07) is 13.6. The minimum absolute atomic E-state index is 0.0559. The van der Waals surface area contributed by atoms with E-state index < -0.39 is 0 Å². The Hall–Kier alpha value is -2.71. The number of nitrogens with zero attached hydrogens (tertiary/aromatic N) is 3. The van der Waals surface area contributed by atoms with E-state index in [1.54, 1.807) is 0 Å². The molecule has 6 nitrogen and oxygen atoms in total. The van der Waals surface area contributed by atoms with Crippen molar-refractivity contribution in [3.8, 4) is 0 Å². The van der Waals surface area contributed by atoms with Crippen LogP contribution in [-0.4, -0.2) is 35.0 Å². The lowest BCUT2D eigenvalue weighted by atomic mass is 9.81. The van der Waals surface area contributed by atoms with Crippen LogP contribution in [0.25, 0.3) is 10.2 Å². The first-order valence-electron chi connectivity index (χ1n) is 11.4. The Balaban J connectivity index is 1.18. The molecule has 8 heteroatoms. The van der Waals surface area contributed by atoms with Gasteiger partial charge < -0.3 is 4.90 Å². The maximum Gasteiger partial charge on any atom is 0.237 e. The molecule has 3 aliphatic rings. The number of amides is 3. The molecule has 0 spiro atoms. The van der Waals surface area contributed by atoms with Crippen LogP contribution in [0.3, 0.4) is 0 Å². The van der Waals surface area contributed by atoms with E-state index in [1.165, 1.54) is 33.6 Å². The van der Waals surface area contributed by atoms with Crippen LogP contribution in [-0.2, 0) is 20.8 Å². The molecule has 1 aromatic heterocycles. The molecule has 0 bridgehead atoms. The van der Waals surface area contributed by atoms with E-state index in [2.05, 4.69) is 11.1 Å². The van der Waals surface area contributed by atoms with E-state index in [0.717, 1.165) is 58.9 Å². The lowest BCUT2D eigenvalue weighted by Gasteiger charge is -2.19. The van der Waals surface area contributed by atoms with E-state index in [-0.39, 0.29) is 29.6 Å². The van der Waals surface area contributed by atoms with E-state index >= 15 is 0 Å². The molecular formula is C25H23N3O3S2. The van der Waals surface area contributed by atoms with Gasteiger partial charge in [0, 0.05) is 12.2 Å². The highest BCUT2D eigenvalue weighted by Crippen LogP contribution is 2.41. The predicted molar refractivity (Wildman–Crippen MR) is 131 cm³/mol. The van der Waals surface area contributed by atoms with E-state index in [1.807, 2.05) is 41.3 Å². The van der Waals surface area contributed by atoms with Crippen LogP contribution in [0, 0.1) is 11.8 Å². The van der Waals surface area contributed by atoms with Crippen molar-refractivity contribution in [2.75, 3.05) is 22.1 Å². The summed E-state index contributed by atoms with van der Waals surface area (Å²) in [6.45, 7) is 0.724. The van der Waals surface area contributed by atoms with Gasteiger partial charge in [-0.25, -0.2) is 4.98 Å². The molecule has 3 amide bonds. The molecule has 0 radical (unpaired) electrons. The Labute approximate surface area is 200 Å². The zero-order chi connectivity index (χ0) is 22.5. The maximum absolute atomic E-state index is 12.9. The van der Waals surface area contributed by atoms with Gasteiger partial charge in [-0.05, 0) is 49.1 Å². The molecule has 2 atom stereocenters. The standard InChI is InChI=1S/C25H23N3O3S2/c29-22(27-12-11-15-5-1-4-8-20(15)27)14-32-25-26-19-10-9-16(13-21(19)33-25)28-23(30)17-6-2-3-7-18(17)24(28)31/h1,4-5,8-10,13,17-18H,2-3,6-7,11-12,14H2/t17-,18+. The summed E-state index contributed by atoms with van der Waals surface area (Å²) in [5, 5.41) is 0. The number of anilines is 2. The maximum atomic E-state index is 12.9. The second-order valence-electron chi connectivity index (χ2n) is 8.85. The van der Waals surface area contributed by atoms with Gasteiger partial charge in [-0.15, -0.1) is 11.3 Å². The lowest BCUT2D eigenvalue weighted by Crippen LogP contribution is -2.30. The fourth-order valence-corrected chi connectivity index (χ4v) is 7.29. The highest BCUT2D eigenvalue weighted by atomic mass is 32.2. The van der Waals surface area contributed by atoms with Crippen molar-refractivity contribution in [1.29, 1.82) is 0 Å². The summed E-state index contributed by atoms with van der Waals surface area (Å²) in [7, 11) is 0. The fourth-order valence-electron chi connectivity index (χ4n) is 5.31. The van der Waals surface area contributed by atoms with Crippen LogP contribution in [0.2, 0.25) is 0 Å². The molecule has 0 unspecified atom stereocenters. The number of thioether (sulfide) groups is 1. The van der Waals surface area contributed by atoms with Crippen LogP contribution in [0.1, 0.15) is 31.2 Å². The average molecular weight is 478 g/mol. The molecular weight excluding hydrogens is 454 g/mol. The van der Waals surface area contributed by atoms with Crippen LogP contribution in [0.4, 0.5) is 11.4 Å². The number of thiazole rings is 1. The highest BCUT2D eigenvalue weighted by Gasteiger charge is 2.48. The van der Waals surface area contributed by atoms with Gasteiger partial charge in [0.15, 0.2) is 4.34 Å². The van der Waals surface area contributed by atoms with E-state index in [4.69, 9.17) is 0 Å². The summed E-state index contributed by atoms with van der Waals surface area (Å²) < 4.78 is 1.74. The fraction of sp³-hybridized carbons (Fsp3) is 0.360. The minimum atomic E-state index is -0.156. The normalized spacial score (nSPS) is 22.2. The van der Waals surface area contributed by atoms with E-state index in [0.29, 0.717) is 11.4 Å². The van der Waals surface area contributed by atoms with Gasteiger partial charge in [0.2, 0.25) is 17.7 Å². The number of hydrogen-bond acceptors (Lipinski definition) is 6. The molecule has 33 heavy (non-hydrogen) atoms. The van der Waals surface area contributed by atoms with Crippen LogP contribution >= 0.6 is 23.1 Å². The molecule has 0 N–H and O–H groups in total. The van der Waals surface area contributed by atoms with Crippen LogP contribution < -0.4 is 9.80 Å². The molecule has 3 aromatic rings. The summed E-state index contributed by atoms with van der Waals surface area (Å²) >= 11 is 2.94. The Kier molecular flexibility index (Phi) is 5.22. The topological polar surface area (TPSA) is 70.6 Å². The predicted octanol–water partition coefficient (Wildman–Crippen LogP) is 4.66. The van der Waals surface area contributed by atoms with Crippen LogP contribution in [0.5, 0.6) is 0 Å². The summed E-state index contributed by atoms with van der Waals surface area (Å²) in [5.41, 5.74) is 3.69. The van der Waals surface area contributed by atoms with Crippen molar-refractivity contribution in [1.82, 2.24) is 4.98 Å².